The van der Waals surface area contributed by atoms with Crippen LogP contribution in [-0.4, -0.2) is 22.3 Å². The molecule has 4 nitrogen and oxygen atoms in total. The summed E-state index contributed by atoms with van der Waals surface area (Å²) in [5.74, 6) is 0.558. The number of aromatic nitrogens is 2. The number of nitrogen functional groups attached to an aromatic ring is 1. The Kier molecular flexibility index (Phi) is 2.64. The smallest absolute Gasteiger partial charge is 0.201 e. The van der Waals surface area contributed by atoms with Gasteiger partial charge in [-0.15, -0.1) is 0 Å². The lowest BCUT2D eigenvalue weighted by molar-refractivity contribution is 0.0783. The monoisotopic (exact) mass is 309 g/mol. The molecule has 18 heavy (non-hydrogen) atoms. The fourth-order valence-electron chi connectivity index (χ4n) is 2.73. The Hall–Kier alpha value is -1.07. The van der Waals surface area contributed by atoms with Crippen LogP contribution in [0.3, 0.4) is 0 Å². The fourth-order valence-corrected chi connectivity index (χ4v) is 3.08. The Balaban J connectivity index is 2.25. The molecule has 2 N–H and O–H groups in total. The van der Waals surface area contributed by atoms with Gasteiger partial charge in [0.25, 0.3) is 0 Å². The normalized spacial score (nSPS) is 28.1. The molecule has 0 saturated carbocycles. The Bertz CT molecular complexity index is 610. The van der Waals surface area contributed by atoms with Crippen LogP contribution in [0.25, 0.3) is 11.0 Å². The lowest BCUT2D eigenvalue weighted by Gasteiger charge is -2.31. The van der Waals surface area contributed by atoms with Crippen molar-refractivity contribution < 1.29 is 4.74 Å². The van der Waals surface area contributed by atoms with Crippen LogP contribution in [0, 0.1) is 0 Å². The molecule has 3 rings (SSSR count). The number of halogens is 1. The molecular weight excluding hydrogens is 294 g/mol. The third-order valence-corrected chi connectivity index (χ3v) is 4.50. The summed E-state index contributed by atoms with van der Waals surface area (Å²) in [5, 5.41) is 0. The highest BCUT2D eigenvalue weighted by molar-refractivity contribution is 9.10. The van der Waals surface area contributed by atoms with Crippen LogP contribution < -0.4 is 5.73 Å². The number of fused-ring (bicyclic) bond motifs is 1. The average molecular weight is 310 g/mol. The van der Waals surface area contributed by atoms with Gasteiger partial charge in [0.05, 0.1) is 22.7 Å². The van der Waals surface area contributed by atoms with Crippen molar-refractivity contribution >= 4 is 32.9 Å². The molecule has 0 radical (unpaired) electrons. The molecule has 2 unspecified atom stereocenters. The van der Waals surface area contributed by atoms with E-state index in [9.17, 15) is 0 Å². The highest BCUT2D eigenvalue weighted by Crippen LogP contribution is 2.38. The van der Waals surface area contributed by atoms with Gasteiger partial charge in [-0.2, -0.15) is 0 Å². The van der Waals surface area contributed by atoms with Gasteiger partial charge in [-0.1, -0.05) is 15.9 Å². The lowest BCUT2D eigenvalue weighted by Crippen LogP contribution is -2.37. The molecule has 5 heteroatoms. The first-order chi connectivity index (χ1) is 8.52. The van der Waals surface area contributed by atoms with Gasteiger partial charge in [0.2, 0.25) is 5.95 Å². The average Bonchev–Trinajstić information content (AvgIpc) is 2.79. The number of nitrogens with two attached hydrogens (primary N) is 1. The van der Waals surface area contributed by atoms with Crippen LogP contribution in [0.4, 0.5) is 5.95 Å². The summed E-state index contributed by atoms with van der Waals surface area (Å²) in [5.41, 5.74) is 7.98. The fraction of sp³-hybridized carbons (Fsp3) is 0.462. The number of ether oxygens (including phenoxy) is 1. The molecule has 1 saturated heterocycles. The SMILES string of the molecule is CC1OCCC1(C)n1c(N)nc2cc(Br)ccc21. The topological polar surface area (TPSA) is 53.1 Å². The van der Waals surface area contributed by atoms with Gasteiger partial charge in [-0.05, 0) is 38.5 Å². The van der Waals surface area contributed by atoms with Crippen molar-refractivity contribution in [2.45, 2.75) is 31.9 Å². The van der Waals surface area contributed by atoms with E-state index in [0.717, 1.165) is 28.5 Å². The summed E-state index contributed by atoms with van der Waals surface area (Å²) in [6.07, 6.45) is 1.10. The molecule has 0 aliphatic carbocycles. The van der Waals surface area contributed by atoms with Crippen LogP contribution >= 0.6 is 15.9 Å². The first-order valence-electron chi connectivity index (χ1n) is 6.08. The zero-order valence-electron chi connectivity index (χ0n) is 10.5. The van der Waals surface area contributed by atoms with Gasteiger partial charge in [0, 0.05) is 11.1 Å². The van der Waals surface area contributed by atoms with Crippen LogP contribution in [0.5, 0.6) is 0 Å². The molecule has 0 amide bonds. The van der Waals surface area contributed by atoms with Crippen molar-refractivity contribution in [3.8, 4) is 0 Å². The van der Waals surface area contributed by atoms with E-state index in [1.165, 1.54) is 0 Å². The van der Waals surface area contributed by atoms with E-state index in [1.807, 2.05) is 12.1 Å². The Morgan fingerprint density at radius 2 is 2.33 bits per heavy atom. The lowest BCUT2D eigenvalue weighted by atomic mass is 9.94. The minimum atomic E-state index is -0.118. The zero-order chi connectivity index (χ0) is 12.9. The van der Waals surface area contributed by atoms with E-state index in [0.29, 0.717) is 5.95 Å². The van der Waals surface area contributed by atoms with Gasteiger partial charge < -0.3 is 15.0 Å². The molecule has 0 spiro atoms. The molecule has 2 atom stereocenters. The quantitative estimate of drug-likeness (QED) is 0.881. The van der Waals surface area contributed by atoms with Gasteiger partial charge in [-0.25, -0.2) is 4.98 Å². The van der Waals surface area contributed by atoms with E-state index >= 15 is 0 Å². The van der Waals surface area contributed by atoms with Gasteiger partial charge in [-0.3, -0.25) is 0 Å². The summed E-state index contributed by atoms with van der Waals surface area (Å²) in [4.78, 5) is 4.45. The van der Waals surface area contributed by atoms with E-state index < -0.39 is 0 Å². The number of hydrogen-bond donors (Lipinski definition) is 1. The van der Waals surface area contributed by atoms with E-state index in [2.05, 4.69) is 45.4 Å². The molecular formula is C13H16BrN3O. The maximum absolute atomic E-state index is 6.11. The first-order valence-corrected chi connectivity index (χ1v) is 6.87. The van der Waals surface area contributed by atoms with Crippen LogP contribution in [0.2, 0.25) is 0 Å². The van der Waals surface area contributed by atoms with Crippen molar-refractivity contribution in [1.29, 1.82) is 0 Å². The summed E-state index contributed by atoms with van der Waals surface area (Å²) in [6, 6.07) is 6.06. The summed E-state index contributed by atoms with van der Waals surface area (Å²) >= 11 is 3.46. The summed E-state index contributed by atoms with van der Waals surface area (Å²) in [7, 11) is 0. The van der Waals surface area contributed by atoms with Crippen molar-refractivity contribution in [1.82, 2.24) is 9.55 Å². The van der Waals surface area contributed by atoms with Gasteiger partial charge >= 0.3 is 0 Å². The van der Waals surface area contributed by atoms with Crippen molar-refractivity contribution in [3.05, 3.63) is 22.7 Å². The van der Waals surface area contributed by atoms with Crippen LogP contribution in [0.15, 0.2) is 22.7 Å². The Labute approximate surface area is 114 Å². The molecule has 1 aliphatic rings. The number of nitrogens with zero attached hydrogens (tertiary/aromatic N) is 2. The number of imidazole rings is 1. The molecule has 2 aromatic rings. The predicted octanol–water partition coefficient (Wildman–Crippen LogP) is 2.91. The van der Waals surface area contributed by atoms with E-state index in [1.54, 1.807) is 0 Å². The molecule has 2 heterocycles. The molecule has 96 valence electrons. The first kappa shape index (κ1) is 12.0. The van der Waals surface area contributed by atoms with Crippen LogP contribution in [0.1, 0.15) is 20.3 Å². The number of rotatable bonds is 1. The third kappa shape index (κ3) is 1.57. The highest BCUT2D eigenvalue weighted by Gasteiger charge is 2.40. The summed E-state index contributed by atoms with van der Waals surface area (Å²) < 4.78 is 8.84. The van der Waals surface area contributed by atoms with E-state index in [-0.39, 0.29) is 11.6 Å². The van der Waals surface area contributed by atoms with Crippen molar-refractivity contribution in [2.24, 2.45) is 0 Å². The van der Waals surface area contributed by atoms with E-state index in [4.69, 9.17) is 10.5 Å². The van der Waals surface area contributed by atoms with Gasteiger partial charge in [0.15, 0.2) is 0 Å². The molecule has 1 aliphatic heterocycles. The third-order valence-electron chi connectivity index (χ3n) is 4.01. The highest BCUT2D eigenvalue weighted by atomic mass is 79.9. The molecule has 1 aromatic heterocycles. The van der Waals surface area contributed by atoms with Crippen LogP contribution in [-0.2, 0) is 10.3 Å². The Morgan fingerprint density at radius 1 is 1.56 bits per heavy atom. The van der Waals surface area contributed by atoms with Crippen molar-refractivity contribution in [3.63, 3.8) is 0 Å². The number of benzene rings is 1. The molecule has 1 fully saturated rings. The maximum atomic E-state index is 6.11. The predicted molar refractivity (Wildman–Crippen MR) is 75.5 cm³/mol. The zero-order valence-corrected chi connectivity index (χ0v) is 12.1. The van der Waals surface area contributed by atoms with Crippen molar-refractivity contribution in [2.75, 3.05) is 12.3 Å². The molecule has 0 bridgehead atoms. The minimum absolute atomic E-state index is 0.118. The second-order valence-corrected chi connectivity index (χ2v) is 5.97. The number of hydrogen-bond acceptors (Lipinski definition) is 3. The second kappa shape index (κ2) is 3.96. The standard InChI is InChI=1S/C13H16BrN3O/c1-8-13(2,5-6-18-8)17-11-4-3-9(14)7-10(11)16-12(17)15/h3-4,7-8H,5-6H2,1-2H3,(H2,15,16). The molecule has 1 aromatic carbocycles. The summed E-state index contributed by atoms with van der Waals surface area (Å²) in [6.45, 7) is 5.05. The Morgan fingerprint density at radius 3 is 3.00 bits per heavy atom. The maximum Gasteiger partial charge on any atom is 0.201 e. The second-order valence-electron chi connectivity index (χ2n) is 5.06. The largest absolute Gasteiger partial charge is 0.376 e. The minimum Gasteiger partial charge on any atom is -0.376 e. The van der Waals surface area contributed by atoms with Gasteiger partial charge in [0.1, 0.15) is 0 Å². The number of anilines is 1.